The number of esters is 1. The number of hydrogen-bond donors (Lipinski definition) is 0. The van der Waals surface area contributed by atoms with Crippen molar-refractivity contribution in [2.24, 2.45) is 0 Å². The number of carbonyl (C=O) groups excluding carboxylic acids is 1. The minimum atomic E-state index is -0.367. The third kappa shape index (κ3) is 2.38. The molecule has 3 nitrogen and oxygen atoms in total. The topological polar surface area (TPSA) is 50.1 Å². The van der Waals surface area contributed by atoms with Crippen molar-refractivity contribution in [1.82, 2.24) is 0 Å². The van der Waals surface area contributed by atoms with Gasteiger partial charge in [0.15, 0.2) is 0 Å². The van der Waals surface area contributed by atoms with Crippen LogP contribution in [0.15, 0.2) is 48.5 Å². The van der Waals surface area contributed by atoms with Gasteiger partial charge in [-0.3, -0.25) is 0 Å². The zero-order valence-corrected chi connectivity index (χ0v) is 9.88. The molecule has 0 saturated carbocycles. The van der Waals surface area contributed by atoms with Crippen LogP contribution in [0.2, 0.25) is 0 Å². The number of nitrogens with zero attached hydrogens (tertiary/aromatic N) is 1. The minimum Gasteiger partial charge on any atom is -0.465 e. The molecule has 0 aromatic heterocycles. The number of methoxy groups -OCH3 is 1. The Morgan fingerprint density at radius 1 is 1.11 bits per heavy atom. The molecule has 2 aromatic carbocycles. The van der Waals surface area contributed by atoms with Crippen molar-refractivity contribution in [2.45, 2.75) is 0 Å². The summed E-state index contributed by atoms with van der Waals surface area (Å²) in [7, 11) is 1.35. The third-order valence-electron chi connectivity index (χ3n) is 2.61. The van der Waals surface area contributed by atoms with Gasteiger partial charge >= 0.3 is 5.97 Å². The lowest BCUT2D eigenvalue weighted by molar-refractivity contribution is 0.0601. The average Bonchev–Trinajstić information content (AvgIpc) is 2.46. The lowest BCUT2D eigenvalue weighted by Crippen LogP contribution is -2.00. The summed E-state index contributed by atoms with van der Waals surface area (Å²) in [6, 6.07) is 16.5. The largest absolute Gasteiger partial charge is 0.465 e. The maximum atomic E-state index is 11.4. The van der Waals surface area contributed by atoms with Crippen LogP contribution in [0.4, 0.5) is 0 Å². The van der Waals surface area contributed by atoms with E-state index < -0.39 is 0 Å². The molecule has 88 valence electrons. The first-order valence-electron chi connectivity index (χ1n) is 5.43. The Morgan fingerprint density at radius 2 is 1.78 bits per heavy atom. The van der Waals surface area contributed by atoms with Gasteiger partial charge in [-0.05, 0) is 35.4 Å². The Hall–Kier alpha value is -2.60. The van der Waals surface area contributed by atoms with E-state index in [4.69, 9.17) is 5.26 Å². The Kier molecular flexibility index (Phi) is 3.40. The summed E-state index contributed by atoms with van der Waals surface area (Å²) < 4.78 is 4.68. The lowest BCUT2D eigenvalue weighted by atomic mass is 10.0. The third-order valence-corrected chi connectivity index (χ3v) is 2.61. The summed E-state index contributed by atoms with van der Waals surface area (Å²) in [5.74, 6) is -0.367. The number of carbonyl (C=O) groups is 1. The summed E-state index contributed by atoms with van der Waals surface area (Å²) in [5.41, 5.74) is 2.88. The molecule has 2 rings (SSSR count). The average molecular weight is 237 g/mol. The second kappa shape index (κ2) is 5.15. The highest BCUT2D eigenvalue weighted by atomic mass is 16.5. The molecule has 0 atom stereocenters. The fourth-order valence-corrected chi connectivity index (χ4v) is 1.71. The van der Waals surface area contributed by atoms with E-state index in [-0.39, 0.29) is 5.97 Å². The van der Waals surface area contributed by atoms with Crippen LogP contribution < -0.4 is 0 Å². The molecular weight excluding hydrogens is 226 g/mol. The maximum Gasteiger partial charge on any atom is 0.337 e. The second-order valence-corrected chi connectivity index (χ2v) is 3.76. The summed E-state index contributed by atoms with van der Waals surface area (Å²) in [6.45, 7) is 0. The minimum absolute atomic E-state index is 0.367. The number of hydrogen-bond acceptors (Lipinski definition) is 3. The monoisotopic (exact) mass is 237 g/mol. The van der Waals surface area contributed by atoms with Crippen molar-refractivity contribution in [3.63, 3.8) is 0 Å². The van der Waals surface area contributed by atoms with Crippen molar-refractivity contribution in [2.75, 3.05) is 7.11 Å². The van der Waals surface area contributed by atoms with E-state index in [9.17, 15) is 4.79 Å². The molecule has 0 amide bonds. The summed E-state index contributed by atoms with van der Waals surface area (Å²) in [5, 5.41) is 8.87. The smallest absolute Gasteiger partial charge is 0.337 e. The predicted octanol–water partition coefficient (Wildman–Crippen LogP) is 3.01. The van der Waals surface area contributed by atoms with Gasteiger partial charge in [0, 0.05) is 0 Å². The highest BCUT2D eigenvalue weighted by molar-refractivity contribution is 5.91. The Balaban J connectivity index is 2.45. The molecule has 0 N–H and O–H groups in total. The van der Waals surface area contributed by atoms with Crippen LogP contribution in [0.25, 0.3) is 11.1 Å². The molecule has 2 aromatic rings. The number of rotatable bonds is 2. The quantitative estimate of drug-likeness (QED) is 0.754. The van der Waals surface area contributed by atoms with Gasteiger partial charge < -0.3 is 4.74 Å². The van der Waals surface area contributed by atoms with Crippen molar-refractivity contribution < 1.29 is 9.53 Å². The van der Waals surface area contributed by atoms with E-state index in [1.54, 1.807) is 30.3 Å². The fraction of sp³-hybridized carbons (Fsp3) is 0.0667. The van der Waals surface area contributed by atoms with Crippen LogP contribution in [0.5, 0.6) is 0 Å². The highest BCUT2D eigenvalue weighted by Crippen LogP contribution is 2.21. The summed E-state index contributed by atoms with van der Waals surface area (Å²) in [6.07, 6.45) is 0. The van der Waals surface area contributed by atoms with Crippen molar-refractivity contribution in [3.05, 3.63) is 59.7 Å². The molecule has 0 bridgehead atoms. The summed E-state index contributed by atoms with van der Waals surface area (Å²) >= 11 is 0. The van der Waals surface area contributed by atoms with Crippen LogP contribution >= 0.6 is 0 Å². The van der Waals surface area contributed by atoms with E-state index in [1.165, 1.54) is 7.11 Å². The Labute approximate surface area is 105 Å². The summed E-state index contributed by atoms with van der Waals surface area (Å²) in [4.78, 5) is 11.4. The van der Waals surface area contributed by atoms with E-state index in [2.05, 4.69) is 10.8 Å². The first-order valence-corrected chi connectivity index (χ1v) is 5.43. The van der Waals surface area contributed by atoms with Gasteiger partial charge in [0.25, 0.3) is 0 Å². The molecule has 0 saturated heterocycles. The van der Waals surface area contributed by atoms with Crippen LogP contribution in [0.3, 0.4) is 0 Å². The van der Waals surface area contributed by atoms with Gasteiger partial charge in [0.1, 0.15) is 0 Å². The Bertz CT molecular complexity index is 626. The van der Waals surface area contributed by atoms with E-state index in [0.717, 1.165) is 11.1 Å². The van der Waals surface area contributed by atoms with Gasteiger partial charge in [-0.1, -0.05) is 24.3 Å². The molecule has 0 heterocycles. The standard InChI is InChI=1S/C15H11NO2/c1-18-15(17)14-7-3-6-13(9-14)12-5-2-4-11(8-12)10-16/h2-9H,1H3. The molecule has 0 aliphatic rings. The van der Waals surface area contributed by atoms with E-state index in [0.29, 0.717) is 11.1 Å². The van der Waals surface area contributed by atoms with Gasteiger partial charge in [0.05, 0.1) is 24.3 Å². The van der Waals surface area contributed by atoms with Gasteiger partial charge in [-0.2, -0.15) is 5.26 Å². The van der Waals surface area contributed by atoms with Crippen molar-refractivity contribution in [3.8, 4) is 17.2 Å². The predicted molar refractivity (Wildman–Crippen MR) is 67.9 cm³/mol. The zero-order valence-electron chi connectivity index (χ0n) is 9.88. The lowest BCUT2D eigenvalue weighted by Gasteiger charge is -2.04. The van der Waals surface area contributed by atoms with Gasteiger partial charge in [0.2, 0.25) is 0 Å². The van der Waals surface area contributed by atoms with E-state index >= 15 is 0 Å². The number of ether oxygens (including phenoxy) is 1. The molecule has 0 radical (unpaired) electrons. The van der Waals surface area contributed by atoms with Gasteiger partial charge in [-0.15, -0.1) is 0 Å². The number of nitriles is 1. The molecule has 0 aliphatic heterocycles. The molecule has 3 heteroatoms. The fourth-order valence-electron chi connectivity index (χ4n) is 1.71. The van der Waals surface area contributed by atoms with Crippen LogP contribution in [-0.4, -0.2) is 13.1 Å². The maximum absolute atomic E-state index is 11.4. The molecule has 0 aliphatic carbocycles. The van der Waals surface area contributed by atoms with Crippen molar-refractivity contribution in [1.29, 1.82) is 5.26 Å². The SMILES string of the molecule is COC(=O)c1cccc(-c2cccc(C#N)c2)c1. The van der Waals surface area contributed by atoms with Crippen LogP contribution in [0, 0.1) is 11.3 Å². The normalized spacial score (nSPS) is 9.56. The zero-order chi connectivity index (χ0) is 13.0. The van der Waals surface area contributed by atoms with Crippen LogP contribution in [0.1, 0.15) is 15.9 Å². The first kappa shape index (κ1) is 11.9. The molecule has 18 heavy (non-hydrogen) atoms. The molecular formula is C15H11NO2. The van der Waals surface area contributed by atoms with Crippen molar-refractivity contribution >= 4 is 5.97 Å². The van der Waals surface area contributed by atoms with Gasteiger partial charge in [-0.25, -0.2) is 4.79 Å². The molecule has 0 spiro atoms. The molecule has 0 unspecified atom stereocenters. The Morgan fingerprint density at radius 3 is 2.44 bits per heavy atom. The second-order valence-electron chi connectivity index (χ2n) is 3.76. The highest BCUT2D eigenvalue weighted by Gasteiger charge is 2.06. The van der Waals surface area contributed by atoms with E-state index in [1.807, 2.05) is 18.2 Å². The molecule has 0 fully saturated rings. The van der Waals surface area contributed by atoms with Crippen LogP contribution in [-0.2, 0) is 4.74 Å². The first-order chi connectivity index (χ1) is 8.74. The number of benzene rings is 2.